The lowest BCUT2D eigenvalue weighted by molar-refractivity contribution is -0.131. The van der Waals surface area contributed by atoms with Gasteiger partial charge in [0.2, 0.25) is 11.8 Å². The summed E-state index contributed by atoms with van der Waals surface area (Å²) in [6.45, 7) is 10.5. The molecule has 0 aliphatic carbocycles. The van der Waals surface area contributed by atoms with Crippen LogP contribution in [0.2, 0.25) is 0 Å². The van der Waals surface area contributed by atoms with E-state index in [1.165, 1.54) is 4.90 Å². The summed E-state index contributed by atoms with van der Waals surface area (Å²) in [5.74, 6) is -0.465. The Bertz CT molecular complexity index is 631. The minimum atomic E-state index is -0.521. The second-order valence-corrected chi connectivity index (χ2v) is 7.01. The number of rotatable bonds is 6. The van der Waals surface area contributed by atoms with Crippen LogP contribution in [0, 0.1) is 5.41 Å². The van der Waals surface area contributed by atoms with Crippen molar-refractivity contribution in [1.29, 1.82) is 0 Å². The van der Waals surface area contributed by atoms with E-state index >= 15 is 0 Å². The van der Waals surface area contributed by atoms with Gasteiger partial charge in [-0.15, -0.1) is 0 Å². The van der Waals surface area contributed by atoms with Crippen LogP contribution in [0.25, 0.3) is 0 Å². The van der Waals surface area contributed by atoms with Crippen molar-refractivity contribution in [3.63, 3.8) is 0 Å². The molecule has 3 amide bonds. The zero-order chi connectivity index (χ0) is 19.2. The van der Waals surface area contributed by atoms with Crippen molar-refractivity contribution < 1.29 is 14.4 Å². The third-order valence-electron chi connectivity index (χ3n) is 3.88. The van der Waals surface area contributed by atoms with Crippen LogP contribution < -0.4 is 5.32 Å². The van der Waals surface area contributed by atoms with E-state index in [1.54, 1.807) is 36.2 Å². The van der Waals surface area contributed by atoms with Gasteiger partial charge in [-0.05, 0) is 32.0 Å². The van der Waals surface area contributed by atoms with Crippen molar-refractivity contribution >= 4 is 23.4 Å². The first-order valence-corrected chi connectivity index (χ1v) is 8.54. The van der Waals surface area contributed by atoms with Gasteiger partial charge in [0.05, 0.1) is 6.54 Å². The van der Waals surface area contributed by atoms with Gasteiger partial charge in [-0.2, -0.15) is 0 Å². The summed E-state index contributed by atoms with van der Waals surface area (Å²) in [7, 11) is 1.60. The quantitative estimate of drug-likeness (QED) is 0.860. The van der Waals surface area contributed by atoms with Gasteiger partial charge in [0.1, 0.15) is 0 Å². The summed E-state index contributed by atoms with van der Waals surface area (Å²) in [4.78, 5) is 39.9. The fourth-order valence-corrected chi connectivity index (χ4v) is 2.22. The maximum atomic E-state index is 12.6. The van der Waals surface area contributed by atoms with Gasteiger partial charge in [0, 0.05) is 36.8 Å². The Balaban J connectivity index is 2.83. The number of amides is 3. The van der Waals surface area contributed by atoms with Gasteiger partial charge < -0.3 is 15.1 Å². The van der Waals surface area contributed by atoms with Crippen molar-refractivity contribution in [1.82, 2.24) is 9.80 Å². The molecule has 0 aromatic heterocycles. The summed E-state index contributed by atoms with van der Waals surface area (Å²) in [6.07, 6.45) is 0. The van der Waals surface area contributed by atoms with Gasteiger partial charge in [0.25, 0.3) is 5.91 Å². The Morgan fingerprint density at radius 2 is 1.68 bits per heavy atom. The summed E-state index contributed by atoms with van der Waals surface area (Å²) in [5, 5.41) is 2.81. The Morgan fingerprint density at radius 3 is 2.20 bits per heavy atom. The van der Waals surface area contributed by atoms with Crippen LogP contribution in [0.5, 0.6) is 0 Å². The SMILES string of the molecule is CCN(CC)C(=O)CN(C)C(=O)c1cccc(NC(=O)C(C)(C)C)c1. The minimum Gasteiger partial charge on any atom is -0.342 e. The van der Waals surface area contributed by atoms with Crippen LogP contribution in [0.1, 0.15) is 45.0 Å². The van der Waals surface area contributed by atoms with Gasteiger partial charge in [-0.3, -0.25) is 14.4 Å². The zero-order valence-electron chi connectivity index (χ0n) is 16.0. The second-order valence-electron chi connectivity index (χ2n) is 7.01. The summed E-state index contributed by atoms with van der Waals surface area (Å²) < 4.78 is 0. The molecule has 0 aliphatic heterocycles. The largest absolute Gasteiger partial charge is 0.342 e. The van der Waals surface area contributed by atoms with E-state index in [2.05, 4.69) is 5.32 Å². The van der Waals surface area contributed by atoms with E-state index in [0.717, 1.165) is 0 Å². The first kappa shape index (κ1) is 20.7. The average Bonchev–Trinajstić information content (AvgIpc) is 2.54. The van der Waals surface area contributed by atoms with Crippen molar-refractivity contribution in [3.05, 3.63) is 29.8 Å². The van der Waals surface area contributed by atoms with Gasteiger partial charge in [-0.1, -0.05) is 26.8 Å². The highest BCUT2D eigenvalue weighted by molar-refractivity contribution is 5.99. The molecule has 1 rings (SSSR count). The molecule has 0 saturated heterocycles. The third kappa shape index (κ3) is 5.89. The first-order valence-electron chi connectivity index (χ1n) is 8.54. The number of anilines is 1. The van der Waals surface area contributed by atoms with E-state index in [0.29, 0.717) is 24.3 Å². The number of carbonyl (C=O) groups excluding carboxylic acids is 3. The topological polar surface area (TPSA) is 69.7 Å². The molecule has 1 aromatic carbocycles. The smallest absolute Gasteiger partial charge is 0.254 e. The molecule has 0 heterocycles. The highest BCUT2D eigenvalue weighted by Crippen LogP contribution is 2.18. The van der Waals surface area contributed by atoms with Crippen molar-refractivity contribution in [2.75, 3.05) is 32.0 Å². The highest BCUT2D eigenvalue weighted by atomic mass is 16.2. The number of nitrogens with zero attached hydrogens (tertiary/aromatic N) is 2. The molecule has 0 spiro atoms. The highest BCUT2D eigenvalue weighted by Gasteiger charge is 2.22. The van der Waals surface area contributed by atoms with Gasteiger partial charge in [-0.25, -0.2) is 0 Å². The van der Waals surface area contributed by atoms with Crippen molar-refractivity contribution in [3.8, 4) is 0 Å². The number of hydrogen-bond acceptors (Lipinski definition) is 3. The molecule has 0 saturated carbocycles. The summed E-state index contributed by atoms with van der Waals surface area (Å²) in [5.41, 5.74) is 0.475. The molecule has 138 valence electrons. The molecule has 0 fully saturated rings. The van der Waals surface area contributed by atoms with Gasteiger partial charge in [0.15, 0.2) is 0 Å². The number of likely N-dealkylation sites (N-methyl/N-ethyl adjacent to an activating group) is 2. The van der Waals surface area contributed by atoms with Crippen molar-refractivity contribution in [2.45, 2.75) is 34.6 Å². The fraction of sp³-hybridized carbons (Fsp3) is 0.526. The van der Waals surface area contributed by atoms with E-state index < -0.39 is 5.41 Å². The Labute approximate surface area is 150 Å². The second kappa shape index (κ2) is 8.65. The minimum absolute atomic E-state index is 0.0269. The molecule has 25 heavy (non-hydrogen) atoms. The predicted octanol–water partition coefficient (Wildman–Crippen LogP) is 2.61. The van der Waals surface area contributed by atoms with Crippen LogP contribution in [0.4, 0.5) is 5.69 Å². The monoisotopic (exact) mass is 347 g/mol. The molecule has 1 aromatic rings. The number of nitrogens with one attached hydrogen (secondary N) is 1. The maximum absolute atomic E-state index is 12.6. The maximum Gasteiger partial charge on any atom is 0.254 e. The van der Waals surface area contributed by atoms with E-state index in [1.807, 2.05) is 34.6 Å². The lowest BCUT2D eigenvalue weighted by Crippen LogP contribution is -2.41. The molecule has 0 radical (unpaired) electrons. The number of benzene rings is 1. The Kier molecular flexibility index (Phi) is 7.15. The predicted molar refractivity (Wildman–Crippen MR) is 99.4 cm³/mol. The van der Waals surface area contributed by atoms with Crippen LogP contribution in [0.15, 0.2) is 24.3 Å². The fourth-order valence-electron chi connectivity index (χ4n) is 2.22. The van der Waals surface area contributed by atoms with E-state index in [9.17, 15) is 14.4 Å². The zero-order valence-corrected chi connectivity index (χ0v) is 16.0. The Morgan fingerprint density at radius 1 is 1.08 bits per heavy atom. The standard InChI is InChI=1S/C19H29N3O3/c1-7-22(8-2)16(23)13-21(6)17(24)14-10-9-11-15(12-14)20-18(25)19(3,4)5/h9-12H,7-8,13H2,1-6H3,(H,20,25). The van der Waals surface area contributed by atoms with Crippen LogP contribution >= 0.6 is 0 Å². The van der Waals surface area contributed by atoms with Crippen LogP contribution in [-0.2, 0) is 9.59 Å². The average molecular weight is 347 g/mol. The molecule has 6 nitrogen and oxygen atoms in total. The van der Waals surface area contributed by atoms with Gasteiger partial charge >= 0.3 is 0 Å². The van der Waals surface area contributed by atoms with E-state index in [-0.39, 0.29) is 24.3 Å². The number of hydrogen-bond donors (Lipinski definition) is 1. The number of carbonyl (C=O) groups is 3. The third-order valence-corrected chi connectivity index (χ3v) is 3.88. The molecule has 0 unspecified atom stereocenters. The summed E-state index contributed by atoms with van der Waals surface area (Å²) in [6, 6.07) is 6.75. The Hall–Kier alpha value is -2.37. The molecule has 0 atom stereocenters. The lowest BCUT2D eigenvalue weighted by atomic mass is 9.95. The van der Waals surface area contributed by atoms with Crippen LogP contribution in [-0.4, -0.2) is 54.2 Å². The molecular formula is C19H29N3O3. The molecule has 6 heteroatoms. The molecule has 0 aliphatic rings. The van der Waals surface area contributed by atoms with E-state index in [4.69, 9.17) is 0 Å². The van der Waals surface area contributed by atoms with Crippen LogP contribution in [0.3, 0.4) is 0 Å². The molecule has 1 N–H and O–H groups in total. The summed E-state index contributed by atoms with van der Waals surface area (Å²) >= 11 is 0. The first-order chi connectivity index (χ1) is 11.6. The lowest BCUT2D eigenvalue weighted by Gasteiger charge is -2.23. The normalized spacial score (nSPS) is 11.0. The molecule has 0 bridgehead atoms. The molecular weight excluding hydrogens is 318 g/mol. The van der Waals surface area contributed by atoms with Crippen molar-refractivity contribution in [2.24, 2.45) is 5.41 Å².